The van der Waals surface area contributed by atoms with E-state index in [-0.39, 0.29) is 82.6 Å². The molecule has 0 aliphatic rings. The summed E-state index contributed by atoms with van der Waals surface area (Å²) in [6, 6.07) is -2.41. The van der Waals surface area contributed by atoms with Gasteiger partial charge in [-0.25, -0.2) is 9.59 Å². The largest absolute Gasteiger partial charge is 0.481 e. The number of hydrogen-bond donors (Lipinski definition) is 7. The molecule has 0 bridgehead atoms. The first-order chi connectivity index (χ1) is 29.7. The number of ketones is 1. The number of carboxylic acid groups (broad SMARTS) is 3. The lowest BCUT2D eigenvalue weighted by Gasteiger charge is -2.17. The van der Waals surface area contributed by atoms with E-state index in [0.29, 0.717) is 52.2 Å². The van der Waals surface area contributed by atoms with E-state index in [0.717, 1.165) is 51.4 Å². The molecule has 8 N–H and O–H groups in total. The molecule has 360 valence electrons. The zero-order valence-electron chi connectivity index (χ0n) is 37.3. The lowest BCUT2D eigenvalue weighted by atomic mass is 10.0. The molecular formula is C43H78N4O15. The summed E-state index contributed by atoms with van der Waals surface area (Å²) in [5.74, 6) is -4.55. The molecular weight excluding hydrogens is 812 g/mol. The fraction of sp³-hybridized carbons (Fsp3) is 0.814. The molecule has 62 heavy (non-hydrogen) atoms. The van der Waals surface area contributed by atoms with Gasteiger partial charge in [-0.1, -0.05) is 90.9 Å². The van der Waals surface area contributed by atoms with Crippen molar-refractivity contribution in [2.24, 2.45) is 11.7 Å². The average Bonchev–Trinajstić information content (AvgIpc) is 3.21. The molecule has 1 unspecified atom stereocenters. The number of Topliss-reactive ketones (excluding diaryl/α,β-unsaturated/α-hetero) is 1. The van der Waals surface area contributed by atoms with Crippen molar-refractivity contribution in [3.63, 3.8) is 0 Å². The minimum absolute atomic E-state index is 0.0291. The second kappa shape index (κ2) is 43.4. The summed E-state index contributed by atoms with van der Waals surface area (Å²) in [4.78, 5) is 90.7. The number of amides is 4. The molecule has 4 amide bonds. The van der Waals surface area contributed by atoms with Gasteiger partial charge in [0.25, 0.3) is 0 Å². The molecule has 0 saturated heterocycles. The van der Waals surface area contributed by atoms with E-state index < -0.39 is 41.8 Å². The molecule has 2 atom stereocenters. The van der Waals surface area contributed by atoms with Crippen LogP contribution in [0.1, 0.15) is 149 Å². The van der Waals surface area contributed by atoms with Crippen molar-refractivity contribution in [2.45, 2.75) is 161 Å². The molecule has 0 aliphatic heterocycles. The summed E-state index contributed by atoms with van der Waals surface area (Å²) in [5.41, 5.74) is 4.17. The second-order valence-corrected chi connectivity index (χ2v) is 15.2. The maximum absolute atomic E-state index is 12.5. The van der Waals surface area contributed by atoms with Gasteiger partial charge in [-0.2, -0.15) is 0 Å². The fourth-order valence-electron chi connectivity index (χ4n) is 5.82. The Bertz CT molecular complexity index is 1220. The number of hydrogen-bond acceptors (Lipinski definition) is 12. The first kappa shape index (κ1) is 59.9. The highest BCUT2D eigenvalue weighted by atomic mass is 16.5. The van der Waals surface area contributed by atoms with E-state index in [1.807, 2.05) is 13.8 Å². The summed E-state index contributed by atoms with van der Waals surface area (Å²) in [6.07, 6.45) is 16.2. The molecule has 0 aromatic heterocycles. The van der Waals surface area contributed by atoms with Crippen LogP contribution >= 0.6 is 0 Å². The third-order valence-corrected chi connectivity index (χ3v) is 9.44. The number of carbonyl (C=O) groups is 8. The van der Waals surface area contributed by atoms with Crippen LogP contribution in [-0.2, 0) is 57.3 Å². The zero-order valence-corrected chi connectivity index (χ0v) is 37.3. The van der Waals surface area contributed by atoms with Crippen molar-refractivity contribution in [3.8, 4) is 0 Å². The Balaban J connectivity index is 0. The van der Waals surface area contributed by atoms with Crippen LogP contribution in [0, 0.1) is 5.92 Å². The molecule has 0 aromatic rings. The van der Waals surface area contributed by atoms with E-state index in [1.165, 1.54) is 32.1 Å². The highest BCUT2D eigenvalue weighted by Gasteiger charge is 2.24. The van der Waals surface area contributed by atoms with Gasteiger partial charge in [0.15, 0.2) is 5.78 Å². The normalized spacial score (nSPS) is 11.8. The van der Waals surface area contributed by atoms with Crippen LogP contribution in [0.3, 0.4) is 0 Å². The molecule has 0 heterocycles. The molecule has 19 heteroatoms. The number of carboxylic acids is 3. The fourth-order valence-corrected chi connectivity index (χ4v) is 5.82. The number of carbonyl (C=O) groups excluding carboxylic acids is 5. The summed E-state index contributed by atoms with van der Waals surface area (Å²) < 4.78 is 21.3. The topological polar surface area (TPSA) is 296 Å². The van der Waals surface area contributed by atoms with E-state index in [1.54, 1.807) is 0 Å². The number of ether oxygens (including phenoxy) is 4. The third-order valence-electron chi connectivity index (χ3n) is 9.44. The van der Waals surface area contributed by atoms with Gasteiger partial charge in [0.2, 0.25) is 24.1 Å². The van der Waals surface area contributed by atoms with E-state index in [4.69, 9.17) is 28.8 Å². The number of nitrogens with one attached hydrogen (secondary N) is 3. The predicted molar refractivity (Wildman–Crippen MR) is 230 cm³/mol. The number of rotatable bonds is 43. The predicted octanol–water partition coefficient (Wildman–Crippen LogP) is 3.91. The second-order valence-electron chi connectivity index (χ2n) is 15.2. The van der Waals surface area contributed by atoms with Crippen molar-refractivity contribution in [1.82, 2.24) is 16.0 Å². The summed E-state index contributed by atoms with van der Waals surface area (Å²) in [7, 11) is 0. The van der Waals surface area contributed by atoms with Crippen molar-refractivity contribution in [3.05, 3.63) is 0 Å². The Kier molecular flexibility index (Phi) is 42.0. The van der Waals surface area contributed by atoms with Gasteiger partial charge in [0, 0.05) is 38.3 Å². The highest BCUT2D eigenvalue weighted by Crippen LogP contribution is 2.14. The van der Waals surface area contributed by atoms with Gasteiger partial charge in [-0.15, -0.1) is 0 Å². The van der Waals surface area contributed by atoms with Crippen LogP contribution < -0.4 is 21.7 Å². The lowest BCUT2D eigenvalue weighted by molar-refractivity contribution is -0.143. The number of primary amides is 1. The van der Waals surface area contributed by atoms with E-state index >= 15 is 0 Å². The van der Waals surface area contributed by atoms with Crippen LogP contribution in [0.2, 0.25) is 0 Å². The monoisotopic (exact) mass is 891 g/mol. The van der Waals surface area contributed by atoms with Crippen LogP contribution in [0.4, 0.5) is 0 Å². The lowest BCUT2D eigenvalue weighted by Crippen LogP contribution is -2.43. The van der Waals surface area contributed by atoms with Crippen LogP contribution in [0.15, 0.2) is 0 Å². The van der Waals surface area contributed by atoms with Gasteiger partial charge < -0.3 is 56.0 Å². The van der Waals surface area contributed by atoms with Gasteiger partial charge in [-0.3, -0.25) is 28.8 Å². The van der Waals surface area contributed by atoms with Crippen molar-refractivity contribution in [2.75, 3.05) is 59.4 Å². The minimum atomic E-state index is -1.26. The third kappa shape index (κ3) is 42.5. The van der Waals surface area contributed by atoms with Crippen molar-refractivity contribution >= 4 is 47.8 Å². The van der Waals surface area contributed by atoms with Crippen molar-refractivity contribution in [1.29, 1.82) is 0 Å². The molecule has 0 rings (SSSR count). The van der Waals surface area contributed by atoms with Gasteiger partial charge in [0.05, 0.1) is 33.0 Å². The Hall–Kier alpha value is -4.20. The Morgan fingerprint density at radius 2 is 0.919 bits per heavy atom. The molecule has 0 fully saturated rings. The molecule has 0 saturated carbocycles. The van der Waals surface area contributed by atoms with Crippen LogP contribution in [-0.4, -0.2) is 135 Å². The molecule has 19 nitrogen and oxygen atoms in total. The molecule has 0 spiro atoms. The number of aliphatic carboxylic acids is 3. The minimum Gasteiger partial charge on any atom is -0.481 e. The Labute approximate surface area is 367 Å². The Morgan fingerprint density at radius 3 is 1.40 bits per heavy atom. The average molecular weight is 891 g/mol. The molecule has 0 aliphatic carbocycles. The first-order valence-electron chi connectivity index (χ1n) is 22.3. The Morgan fingerprint density at radius 1 is 0.500 bits per heavy atom. The van der Waals surface area contributed by atoms with E-state index in [2.05, 4.69) is 21.7 Å². The highest BCUT2D eigenvalue weighted by molar-refractivity contribution is 5.86. The molecule has 0 radical (unpaired) electrons. The molecule has 0 aromatic carbocycles. The van der Waals surface area contributed by atoms with Crippen molar-refractivity contribution < 1.29 is 72.6 Å². The first-order valence-corrected chi connectivity index (χ1v) is 22.3. The van der Waals surface area contributed by atoms with Gasteiger partial charge >= 0.3 is 17.9 Å². The van der Waals surface area contributed by atoms with Gasteiger partial charge in [-0.05, 0) is 38.5 Å². The number of unbranched alkanes of at least 4 members (excludes halogenated alkanes) is 14. The summed E-state index contributed by atoms with van der Waals surface area (Å²) in [5, 5.41) is 35.3. The standard InChI is InChI=1S/C42H75N3O14.CH3NO/c1-33(2)36(46)31-58-29-28-57-26-24-43-39(49)32-59-30-27-56-25-18-17-19-34(41(52)53)44-38(48)23-22-35(42(54)55)45-37(47)20-15-13-11-9-7-5-3-4-6-8-10-12-14-16-21-40(50)51;2-1-3/h33-35H,3-32H2,1-2H3,(H,43,49)(H,44,48)(H,45,47)(H,50,51)(H,52,53)(H,54,55);1H,(H2,2,3)/t34-,35?;/m0./s1. The van der Waals surface area contributed by atoms with Crippen LogP contribution in [0.25, 0.3) is 0 Å². The van der Waals surface area contributed by atoms with Gasteiger partial charge in [0.1, 0.15) is 25.3 Å². The smallest absolute Gasteiger partial charge is 0.326 e. The number of nitrogens with two attached hydrogens (primary N) is 1. The maximum Gasteiger partial charge on any atom is 0.326 e. The SMILES string of the molecule is CC(C)C(=O)COCCOCCNC(=O)COCCOCCCC[C@H](NC(=O)CCC(NC(=O)CCCCCCCCCCCCCCCCC(=O)O)C(=O)O)C(=O)O.NC=O. The van der Waals surface area contributed by atoms with Crippen LogP contribution in [0.5, 0.6) is 0 Å². The summed E-state index contributed by atoms with van der Waals surface area (Å²) >= 11 is 0. The quantitative estimate of drug-likeness (QED) is 0.0337. The van der Waals surface area contributed by atoms with E-state index in [9.17, 15) is 43.8 Å². The summed E-state index contributed by atoms with van der Waals surface area (Å²) in [6.45, 7) is 5.48. The maximum atomic E-state index is 12.5. The zero-order chi connectivity index (χ0) is 46.6.